The normalized spacial score (nSPS) is 12.5. The topological polar surface area (TPSA) is 84.8 Å². The van der Waals surface area contributed by atoms with Gasteiger partial charge in [0.15, 0.2) is 9.84 Å². The molecule has 0 aliphatic carbocycles. The molecule has 0 spiro atoms. The zero-order valence-corrected chi connectivity index (χ0v) is 13.0. The monoisotopic (exact) mass is 286 g/mol. The molecule has 1 aromatic heterocycles. The van der Waals surface area contributed by atoms with Gasteiger partial charge in [-0.05, 0) is 26.7 Å². The molecule has 0 radical (unpaired) electrons. The molecule has 0 fully saturated rings. The molecule has 0 unspecified atom stereocenters. The zero-order valence-electron chi connectivity index (χ0n) is 12.2. The molecule has 19 heavy (non-hydrogen) atoms. The molecule has 0 saturated heterocycles. The van der Waals surface area contributed by atoms with E-state index in [0.717, 1.165) is 24.2 Å². The minimum atomic E-state index is -3.14. The summed E-state index contributed by atoms with van der Waals surface area (Å²) in [6.07, 6.45) is 2.80. The largest absolute Gasteiger partial charge is 0.351 e. The van der Waals surface area contributed by atoms with Crippen LogP contribution in [0.1, 0.15) is 39.1 Å². The first-order valence-electron chi connectivity index (χ1n) is 6.37. The third-order valence-electron chi connectivity index (χ3n) is 3.19. The van der Waals surface area contributed by atoms with Crippen LogP contribution in [0.5, 0.6) is 0 Å². The van der Waals surface area contributed by atoms with Crippen molar-refractivity contribution in [3.8, 4) is 0 Å². The lowest BCUT2D eigenvalue weighted by Crippen LogP contribution is -2.38. The second-order valence-corrected chi connectivity index (χ2v) is 7.77. The van der Waals surface area contributed by atoms with Crippen molar-refractivity contribution < 1.29 is 8.42 Å². The first-order chi connectivity index (χ1) is 8.71. The number of hydrogen-bond donors (Lipinski definition) is 1. The Kier molecular flexibility index (Phi) is 4.84. The maximum atomic E-state index is 11.6. The summed E-state index contributed by atoms with van der Waals surface area (Å²) in [4.78, 5) is 4.37. The van der Waals surface area contributed by atoms with Gasteiger partial charge in [-0.1, -0.05) is 13.8 Å². The summed E-state index contributed by atoms with van der Waals surface area (Å²) in [7, 11) is -3.14. The SMILES string of the molecule is CCc1nnc(NCC(C)(C)S(C)(=O)=O)nc1CC. The van der Waals surface area contributed by atoms with Gasteiger partial charge in [0, 0.05) is 12.8 Å². The molecule has 0 aromatic carbocycles. The van der Waals surface area contributed by atoms with Crippen molar-refractivity contribution in [2.45, 2.75) is 45.3 Å². The average molecular weight is 286 g/mol. The minimum Gasteiger partial charge on any atom is -0.351 e. The highest BCUT2D eigenvalue weighted by molar-refractivity contribution is 7.92. The molecule has 1 aromatic rings. The Morgan fingerprint density at radius 1 is 1.11 bits per heavy atom. The molecule has 1 N–H and O–H groups in total. The van der Waals surface area contributed by atoms with Gasteiger partial charge in [0.25, 0.3) is 0 Å². The van der Waals surface area contributed by atoms with Crippen molar-refractivity contribution in [1.82, 2.24) is 15.2 Å². The second-order valence-electron chi connectivity index (χ2n) is 5.12. The standard InChI is InChI=1S/C12H22N4O2S/c1-6-9-10(7-2)15-16-11(14-9)13-8-12(3,4)19(5,17)18/h6-8H2,1-5H3,(H,13,14,16). The summed E-state index contributed by atoms with van der Waals surface area (Å²) < 4.78 is 22.3. The summed E-state index contributed by atoms with van der Waals surface area (Å²) in [6.45, 7) is 7.61. The van der Waals surface area contributed by atoms with E-state index >= 15 is 0 Å². The van der Waals surface area contributed by atoms with Crippen LogP contribution in [-0.2, 0) is 22.7 Å². The summed E-state index contributed by atoms with van der Waals surface area (Å²) in [5.74, 6) is 0.380. The van der Waals surface area contributed by atoms with Crippen LogP contribution in [-0.4, -0.2) is 41.1 Å². The first kappa shape index (κ1) is 15.8. The van der Waals surface area contributed by atoms with E-state index < -0.39 is 14.6 Å². The number of anilines is 1. The van der Waals surface area contributed by atoms with Crippen molar-refractivity contribution in [3.63, 3.8) is 0 Å². The van der Waals surface area contributed by atoms with Crippen LogP contribution in [0.3, 0.4) is 0 Å². The molecule has 7 heteroatoms. The van der Waals surface area contributed by atoms with Crippen molar-refractivity contribution in [2.24, 2.45) is 0 Å². The van der Waals surface area contributed by atoms with Crippen molar-refractivity contribution >= 4 is 15.8 Å². The Morgan fingerprint density at radius 3 is 2.16 bits per heavy atom. The molecule has 0 aliphatic heterocycles. The van der Waals surface area contributed by atoms with Gasteiger partial charge in [-0.2, -0.15) is 5.10 Å². The highest BCUT2D eigenvalue weighted by Gasteiger charge is 2.30. The predicted molar refractivity (Wildman–Crippen MR) is 76.0 cm³/mol. The van der Waals surface area contributed by atoms with Gasteiger partial charge in [-0.15, -0.1) is 5.10 Å². The van der Waals surface area contributed by atoms with E-state index in [-0.39, 0.29) is 6.54 Å². The summed E-state index contributed by atoms with van der Waals surface area (Å²) in [6, 6.07) is 0. The van der Waals surface area contributed by atoms with Gasteiger partial charge in [-0.3, -0.25) is 0 Å². The van der Waals surface area contributed by atoms with Crippen molar-refractivity contribution in [2.75, 3.05) is 18.1 Å². The third kappa shape index (κ3) is 3.86. The zero-order chi connectivity index (χ0) is 14.7. The van der Waals surface area contributed by atoms with Crippen LogP contribution in [0, 0.1) is 0 Å². The van der Waals surface area contributed by atoms with E-state index in [0.29, 0.717) is 5.95 Å². The molecule has 0 saturated carbocycles. The molecule has 0 bridgehead atoms. The Hall–Kier alpha value is -1.24. The van der Waals surface area contributed by atoms with E-state index in [1.807, 2.05) is 13.8 Å². The van der Waals surface area contributed by atoms with E-state index in [9.17, 15) is 8.42 Å². The molecule has 0 amide bonds. The molecular weight excluding hydrogens is 264 g/mol. The van der Waals surface area contributed by atoms with E-state index in [4.69, 9.17) is 0 Å². The lowest BCUT2D eigenvalue weighted by Gasteiger charge is -2.22. The van der Waals surface area contributed by atoms with Crippen LogP contribution >= 0.6 is 0 Å². The average Bonchev–Trinajstić information content (AvgIpc) is 2.34. The maximum absolute atomic E-state index is 11.6. The van der Waals surface area contributed by atoms with Gasteiger partial charge in [0.05, 0.1) is 16.1 Å². The Balaban J connectivity index is 2.85. The summed E-state index contributed by atoms with van der Waals surface area (Å²) in [5.41, 5.74) is 1.78. The first-order valence-corrected chi connectivity index (χ1v) is 8.26. The number of sulfone groups is 1. The molecule has 0 atom stereocenters. The number of aryl methyl sites for hydroxylation is 2. The smallest absolute Gasteiger partial charge is 0.243 e. The second kappa shape index (κ2) is 5.81. The molecule has 1 heterocycles. The number of rotatable bonds is 6. The molecule has 6 nitrogen and oxygen atoms in total. The van der Waals surface area contributed by atoms with Crippen LogP contribution in [0.15, 0.2) is 0 Å². The molecule has 0 aliphatic rings. The lowest BCUT2D eigenvalue weighted by molar-refractivity contribution is 0.559. The summed E-state index contributed by atoms with van der Waals surface area (Å²) >= 11 is 0. The van der Waals surface area contributed by atoms with Gasteiger partial charge in [0.2, 0.25) is 5.95 Å². The number of nitrogens with zero attached hydrogens (tertiary/aromatic N) is 3. The van der Waals surface area contributed by atoms with Crippen LogP contribution in [0.2, 0.25) is 0 Å². The predicted octanol–water partition coefficient (Wildman–Crippen LogP) is 1.23. The van der Waals surface area contributed by atoms with Crippen molar-refractivity contribution in [3.05, 3.63) is 11.4 Å². The number of nitrogens with one attached hydrogen (secondary N) is 1. The Labute approximate surface area is 115 Å². The third-order valence-corrected chi connectivity index (χ3v) is 5.34. The van der Waals surface area contributed by atoms with Crippen LogP contribution in [0.25, 0.3) is 0 Å². The Morgan fingerprint density at radius 2 is 1.68 bits per heavy atom. The summed E-state index contributed by atoms with van der Waals surface area (Å²) in [5, 5.41) is 11.0. The maximum Gasteiger partial charge on any atom is 0.243 e. The fourth-order valence-corrected chi connectivity index (χ4v) is 1.77. The van der Waals surface area contributed by atoms with Gasteiger partial charge < -0.3 is 5.32 Å². The van der Waals surface area contributed by atoms with E-state index in [1.54, 1.807) is 13.8 Å². The van der Waals surface area contributed by atoms with Crippen molar-refractivity contribution in [1.29, 1.82) is 0 Å². The van der Waals surface area contributed by atoms with Crippen LogP contribution < -0.4 is 5.32 Å². The molecule has 1 rings (SSSR count). The van der Waals surface area contributed by atoms with E-state index in [2.05, 4.69) is 20.5 Å². The van der Waals surface area contributed by atoms with E-state index in [1.165, 1.54) is 6.26 Å². The quantitative estimate of drug-likeness (QED) is 0.846. The lowest BCUT2D eigenvalue weighted by atomic mass is 10.2. The fourth-order valence-electron chi connectivity index (χ4n) is 1.44. The van der Waals surface area contributed by atoms with Gasteiger partial charge in [0.1, 0.15) is 0 Å². The minimum absolute atomic E-state index is 0.252. The Bertz CT molecular complexity index is 541. The van der Waals surface area contributed by atoms with Crippen LogP contribution in [0.4, 0.5) is 5.95 Å². The highest BCUT2D eigenvalue weighted by Crippen LogP contribution is 2.15. The number of hydrogen-bond acceptors (Lipinski definition) is 6. The highest BCUT2D eigenvalue weighted by atomic mass is 32.2. The number of aromatic nitrogens is 3. The fraction of sp³-hybridized carbons (Fsp3) is 0.750. The van der Waals surface area contributed by atoms with Gasteiger partial charge in [-0.25, -0.2) is 13.4 Å². The molecular formula is C12H22N4O2S. The van der Waals surface area contributed by atoms with Gasteiger partial charge >= 0.3 is 0 Å². The molecule has 108 valence electrons.